The van der Waals surface area contributed by atoms with Crippen molar-refractivity contribution in [1.82, 2.24) is 14.6 Å². The van der Waals surface area contributed by atoms with Gasteiger partial charge in [-0.05, 0) is 53.7 Å². The second-order valence-electron chi connectivity index (χ2n) is 10.3. The third kappa shape index (κ3) is 4.82. The standard InChI is InChI=1S/C26H25F3N4O3S2/c1-25(2,3)13-7-8-14-18(10-13)38-23(21(14)24(35)36-4)31-22(34)16-12-20-30-15(17-6-5-9-37-17)11-19(26(27,28)29)33(20)32-16/h5-6,9,11-13H,7-8,10H2,1-4H3,(H,31,34)/t13-/m0/s1. The normalized spacial score (nSPS) is 15.9. The summed E-state index contributed by atoms with van der Waals surface area (Å²) in [5.41, 5.74) is -0.0291. The number of nitrogens with zero attached hydrogens (tertiary/aromatic N) is 3. The summed E-state index contributed by atoms with van der Waals surface area (Å²) >= 11 is 2.56. The predicted octanol–water partition coefficient (Wildman–Crippen LogP) is 6.73. The Labute approximate surface area is 224 Å². The largest absolute Gasteiger partial charge is 0.465 e. The number of hydrogen-bond donors (Lipinski definition) is 1. The van der Waals surface area contributed by atoms with E-state index in [4.69, 9.17) is 4.74 Å². The first-order valence-electron chi connectivity index (χ1n) is 11.9. The van der Waals surface area contributed by atoms with Crippen molar-refractivity contribution in [2.45, 2.75) is 46.2 Å². The number of aromatic nitrogens is 3. The summed E-state index contributed by atoms with van der Waals surface area (Å²) in [6.07, 6.45) is -2.38. The van der Waals surface area contributed by atoms with Crippen LogP contribution in [0.2, 0.25) is 0 Å². The van der Waals surface area contributed by atoms with Gasteiger partial charge in [-0.3, -0.25) is 4.79 Å². The second-order valence-corrected chi connectivity index (χ2v) is 12.3. The average molecular weight is 563 g/mol. The van der Waals surface area contributed by atoms with Crippen LogP contribution in [0.4, 0.5) is 18.2 Å². The molecule has 0 bridgehead atoms. The first kappa shape index (κ1) is 26.4. The number of halogens is 3. The number of hydrogen-bond acceptors (Lipinski definition) is 7. The van der Waals surface area contributed by atoms with E-state index >= 15 is 0 Å². The van der Waals surface area contributed by atoms with Crippen molar-refractivity contribution < 1.29 is 27.5 Å². The summed E-state index contributed by atoms with van der Waals surface area (Å²) in [5, 5.41) is 8.69. The van der Waals surface area contributed by atoms with Gasteiger partial charge in [-0.1, -0.05) is 26.8 Å². The molecule has 1 N–H and O–H groups in total. The highest BCUT2D eigenvalue weighted by atomic mass is 32.1. The number of alkyl halides is 3. The molecular weight excluding hydrogens is 537 g/mol. The Hall–Kier alpha value is -3.25. The van der Waals surface area contributed by atoms with Gasteiger partial charge < -0.3 is 10.1 Å². The van der Waals surface area contributed by atoms with Crippen LogP contribution in [-0.4, -0.2) is 33.6 Å². The Morgan fingerprint density at radius 3 is 2.61 bits per heavy atom. The molecule has 1 amide bonds. The molecule has 0 fully saturated rings. The number of thiophene rings is 2. The molecule has 0 aliphatic heterocycles. The van der Waals surface area contributed by atoms with Crippen LogP contribution in [0.1, 0.15) is 64.2 Å². The Kier molecular flexibility index (Phi) is 6.59. The molecule has 0 spiro atoms. The molecule has 0 aromatic carbocycles. The van der Waals surface area contributed by atoms with Crippen LogP contribution in [0.5, 0.6) is 0 Å². The van der Waals surface area contributed by atoms with Gasteiger partial charge in [0.05, 0.1) is 23.2 Å². The maximum absolute atomic E-state index is 13.9. The molecule has 12 heteroatoms. The van der Waals surface area contributed by atoms with Crippen LogP contribution >= 0.6 is 22.7 Å². The van der Waals surface area contributed by atoms with Crippen molar-refractivity contribution in [3.63, 3.8) is 0 Å². The quantitative estimate of drug-likeness (QED) is 0.279. The minimum atomic E-state index is -4.72. The Morgan fingerprint density at radius 2 is 1.97 bits per heavy atom. The molecule has 0 saturated carbocycles. The van der Waals surface area contributed by atoms with Gasteiger partial charge in [0.1, 0.15) is 5.00 Å². The monoisotopic (exact) mass is 562 g/mol. The number of anilines is 1. The fraction of sp³-hybridized carbons (Fsp3) is 0.385. The number of amides is 1. The lowest BCUT2D eigenvalue weighted by molar-refractivity contribution is -0.142. The van der Waals surface area contributed by atoms with Gasteiger partial charge >= 0.3 is 12.1 Å². The highest BCUT2D eigenvalue weighted by molar-refractivity contribution is 7.17. The Morgan fingerprint density at radius 1 is 1.21 bits per heavy atom. The summed E-state index contributed by atoms with van der Waals surface area (Å²) in [6, 6.07) is 5.52. The number of nitrogens with one attached hydrogen (secondary N) is 1. The third-order valence-electron chi connectivity index (χ3n) is 6.83. The fourth-order valence-corrected chi connectivity index (χ4v) is 6.73. The van der Waals surface area contributed by atoms with E-state index in [9.17, 15) is 22.8 Å². The fourth-order valence-electron chi connectivity index (χ4n) is 4.74. The van der Waals surface area contributed by atoms with Crippen molar-refractivity contribution in [2.24, 2.45) is 11.3 Å². The molecule has 1 atom stereocenters. The van der Waals surface area contributed by atoms with Crippen LogP contribution in [0.25, 0.3) is 16.2 Å². The highest BCUT2D eigenvalue weighted by Crippen LogP contribution is 2.44. The molecule has 4 heterocycles. The van der Waals surface area contributed by atoms with Crippen LogP contribution in [-0.2, 0) is 23.8 Å². The topological polar surface area (TPSA) is 85.6 Å². The highest BCUT2D eigenvalue weighted by Gasteiger charge is 2.37. The lowest BCUT2D eigenvalue weighted by Crippen LogP contribution is -2.26. The Bertz CT molecular complexity index is 1530. The zero-order valence-electron chi connectivity index (χ0n) is 21.1. The molecule has 1 aliphatic carbocycles. The van der Waals surface area contributed by atoms with E-state index in [1.165, 1.54) is 35.8 Å². The van der Waals surface area contributed by atoms with Crippen molar-refractivity contribution in [3.05, 3.63) is 57.0 Å². The molecule has 5 rings (SSSR count). The van der Waals surface area contributed by atoms with E-state index in [0.717, 1.165) is 29.3 Å². The maximum Gasteiger partial charge on any atom is 0.433 e. The summed E-state index contributed by atoms with van der Waals surface area (Å²) in [4.78, 5) is 31.8. The van der Waals surface area contributed by atoms with Gasteiger partial charge in [-0.25, -0.2) is 14.3 Å². The van der Waals surface area contributed by atoms with Gasteiger partial charge in [0.25, 0.3) is 5.91 Å². The van der Waals surface area contributed by atoms with Crippen molar-refractivity contribution in [1.29, 1.82) is 0 Å². The molecule has 7 nitrogen and oxygen atoms in total. The van der Waals surface area contributed by atoms with Crippen molar-refractivity contribution in [2.75, 3.05) is 12.4 Å². The van der Waals surface area contributed by atoms with E-state index in [2.05, 4.69) is 36.2 Å². The number of fused-ring (bicyclic) bond motifs is 2. The van der Waals surface area contributed by atoms with Crippen LogP contribution in [0.3, 0.4) is 0 Å². The van der Waals surface area contributed by atoms with Gasteiger partial charge in [-0.15, -0.1) is 22.7 Å². The summed E-state index contributed by atoms with van der Waals surface area (Å²) in [7, 11) is 1.27. The van der Waals surface area contributed by atoms with Crippen LogP contribution < -0.4 is 5.32 Å². The molecular formula is C26H25F3N4O3S2. The molecule has 0 radical (unpaired) electrons. The van der Waals surface area contributed by atoms with E-state index in [0.29, 0.717) is 32.3 Å². The lowest BCUT2D eigenvalue weighted by atomic mass is 9.72. The van der Waals surface area contributed by atoms with Gasteiger partial charge in [0, 0.05) is 10.9 Å². The summed E-state index contributed by atoms with van der Waals surface area (Å²) in [5.74, 6) is -0.897. The SMILES string of the molecule is COC(=O)c1c(NC(=O)c2cc3nc(-c4cccs4)cc(C(F)(F)F)n3n2)sc2c1CC[C@H](C(C)(C)C)C2. The zero-order chi connectivity index (χ0) is 27.4. The van der Waals surface area contributed by atoms with Crippen LogP contribution in [0, 0.1) is 11.3 Å². The molecule has 4 aromatic heterocycles. The van der Waals surface area contributed by atoms with E-state index in [1.807, 2.05) is 0 Å². The molecule has 200 valence electrons. The van der Waals surface area contributed by atoms with Crippen LogP contribution in [0.15, 0.2) is 29.6 Å². The second kappa shape index (κ2) is 9.49. The van der Waals surface area contributed by atoms with E-state index < -0.39 is 23.7 Å². The minimum absolute atomic E-state index is 0.0816. The predicted molar refractivity (Wildman–Crippen MR) is 140 cm³/mol. The number of methoxy groups -OCH3 is 1. The number of carbonyl (C=O) groups is 2. The van der Waals surface area contributed by atoms with Crippen molar-refractivity contribution >= 4 is 45.2 Å². The first-order valence-corrected chi connectivity index (χ1v) is 13.6. The van der Waals surface area contributed by atoms with E-state index in [-0.39, 0.29) is 22.5 Å². The summed E-state index contributed by atoms with van der Waals surface area (Å²) < 4.78 is 47.3. The number of rotatable bonds is 4. The lowest BCUT2D eigenvalue weighted by Gasteiger charge is -2.33. The van der Waals surface area contributed by atoms with Gasteiger partial charge in [0.15, 0.2) is 17.0 Å². The number of carbonyl (C=O) groups excluding carboxylic acids is 2. The minimum Gasteiger partial charge on any atom is -0.465 e. The van der Waals surface area contributed by atoms with E-state index in [1.54, 1.807) is 17.5 Å². The molecule has 38 heavy (non-hydrogen) atoms. The zero-order valence-corrected chi connectivity index (χ0v) is 22.7. The van der Waals surface area contributed by atoms with Gasteiger partial charge in [-0.2, -0.15) is 18.3 Å². The molecule has 0 unspecified atom stereocenters. The Balaban J connectivity index is 1.52. The maximum atomic E-state index is 13.9. The molecule has 1 aliphatic rings. The van der Waals surface area contributed by atoms with Gasteiger partial charge in [0.2, 0.25) is 0 Å². The average Bonchev–Trinajstić information content (AvgIpc) is 3.59. The first-order chi connectivity index (χ1) is 17.9. The third-order valence-corrected chi connectivity index (χ3v) is 8.89. The summed E-state index contributed by atoms with van der Waals surface area (Å²) in [6.45, 7) is 6.53. The number of ether oxygens (including phenoxy) is 1. The smallest absolute Gasteiger partial charge is 0.433 e. The molecule has 4 aromatic rings. The number of esters is 1. The molecule has 0 saturated heterocycles. The van der Waals surface area contributed by atoms with Crippen molar-refractivity contribution in [3.8, 4) is 10.6 Å².